The van der Waals surface area contributed by atoms with E-state index in [0.29, 0.717) is 29.6 Å². The summed E-state index contributed by atoms with van der Waals surface area (Å²) in [7, 11) is 0. The van der Waals surface area contributed by atoms with Gasteiger partial charge in [0.25, 0.3) is 0 Å². The lowest BCUT2D eigenvalue weighted by molar-refractivity contribution is -0.134. The van der Waals surface area contributed by atoms with Gasteiger partial charge in [0.1, 0.15) is 11.3 Å². The smallest absolute Gasteiger partial charge is 0.230 e. The molecule has 4 rings (SSSR count). The van der Waals surface area contributed by atoms with E-state index >= 15 is 0 Å². The minimum atomic E-state index is -0.218. The number of piperidine rings is 1. The predicted octanol–water partition coefficient (Wildman–Crippen LogP) is 4.51. The maximum Gasteiger partial charge on any atom is 0.230 e. The van der Waals surface area contributed by atoms with Gasteiger partial charge in [-0.2, -0.15) is 0 Å². The Labute approximate surface area is 168 Å². The van der Waals surface area contributed by atoms with Gasteiger partial charge in [-0.15, -0.1) is 0 Å². The third-order valence-electron chi connectivity index (χ3n) is 5.06. The molecule has 0 saturated carbocycles. The number of likely N-dealkylation sites (tertiary alicyclic amines) is 1. The molecule has 28 heavy (non-hydrogen) atoms. The fourth-order valence-corrected chi connectivity index (χ4v) is 3.71. The summed E-state index contributed by atoms with van der Waals surface area (Å²) in [4.78, 5) is 27.1. The fourth-order valence-electron chi connectivity index (χ4n) is 3.58. The summed E-state index contributed by atoms with van der Waals surface area (Å²) >= 11 is 5.88. The van der Waals surface area contributed by atoms with Gasteiger partial charge in [-0.05, 0) is 49.2 Å². The predicted molar refractivity (Wildman–Crippen MR) is 109 cm³/mol. The molecule has 6 heteroatoms. The van der Waals surface area contributed by atoms with Crippen LogP contribution < -0.4 is 5.32 Å². The van der Waals surface area contributed by atoms with Crippen LogP contribution in [0.25, 0.3) is 11.0 Å². The highest BCUT2D eigenvalue weighted by atomic mass is 35.5. The van der Waals surface area contributed by atoms with Gasteiger partial charge < -0.3 is 14.6 Å². The molecule has 2 heterocycles. The number of halogens is 1. The van der Waals surface area contributed by atoms with E-state index in [1.54, 1.807) is 29.2 Å². The van der Waals surface area contributed by atoms with Crippen molar-refractivity contribution in [2.75, 3.05) is 18.4 Å². The van der Waals surface area contributed by atoms with Crippen molar-refractivity contribution in [2.45, 2.75) is 19.3 Å². The summed E-state index contributed by atoms with van der Waals surface area (Å²) in [5.74, 6) is 0.356. The number of furan rings is 1. The van der Waals surface area contributed by atoms with Crippen LogP contribution in [0.3, 0.4) is 0 Å². The van der Waals surface area contributed by atoms with Crippen LogP contribution in [-0.2, 0) is 16.0 Å². The number of rotatable bonds is 4. The van der Waals surface area contributed by atoms with Gasteiger partial charge in [0.2, 0.25) is 11.8 Å². The molecule has 0 spiro atoms. The van der Waals surface area contributed by atoms with E-state index in [9.17, 15) is 9.59 Å². The third kappa shape index (κ3) is 4.20. The lowest BCUT2D eigenvalue weighted by Crippen LogP contribution is -2.44. The number of anilines is 1. The zero-order valence-corrected chi connectivity index (χ0v) is 16.1. The first-order valence-corrected chi connectivity index (χ1v) is 9.78. The molecule has 1 aliphatic rings. The van der Waals surface area contributed by atoms with Crippen LogP contribution in [0.4, 0.5) is 5.69 Å². The molecule has 1 unspecified atom stereocenters. The molecule has 0 bridgehead atoms. The van der Waals surface area contributed by atoms with Crippen molar-refractivity contribution in [3.8, 4) is 0 Å². The summed E-state index contributed by atoms with van der Waals surface area (Å²) in [6, 6.07) is 16.6. The Morgan fingerprint density at radius 2 is 1.93 bits per heavy atom. The number of fused-ring (bicyclic) bond motifs is 1. The van der Waals surface area contributed by atoms with Crippen molar-refractivity contribution in [1.29, 1.82) is 0 Å². The van der Waals surface area contributed by atoms with Crippen molar-refractivity contribution >= 4 is 40.1 Å². The van der Waals surface area contributed by atoms with E-state index in [-0.39, 0.29) is 24.2 Å². The van der Waals surface area contributed by atoms with Gasteiger partial charge in [-0.25, -0.2) is 0 Å². The highest BCUT2D eigenvalue weighted by Gasteiger charge is 2.29. The third-order valence-corrected chi connectivity index (χ3v) is 5.31. The Morgan fingerprint density at radius 3 is 2.71 bits per heavy atom. The molecule has 2 amide bonds. The summed E-state index contributed by atoms with van der Waals surface area (Å²) in [6.07, 6.45) is 1.79. The molecule has 5 nitrogen and oxygen atoms in total. The first kappa shape index (κ1) is 18.6. The standard InChI is InChI=1S/C22H21ClN2O3/c23-17-7-9-18(10-8-17)24-22(27)16-5-3-11-25(14-16)21(26)13-19-12-15-4-1-2-6-20(15)28-19/h1-2,4,6-10,12,16H,3,5,11,13-14H2,(H,24,27). The minimum Gasteiger partial charge on any atom is -0.461 e. The average molecular weight is 397 g/mol. The van der Waals surface area contributed by atoms with Gasteiger partial charge in [-0.3, -0.25) is 9.59 Å². The highest BCUT2D eigenvalue weighted by Crippen LogP contribution is 2.23. The number of carbonyl (C=O) groups is 2. The SMILES string of the molecule is O=C(Nc1ccc(Cl)cc1)C1CCCN(C(=O)Cc2cc3ccccc3o2)C1. The molecule has 1 fully saturated rings. The zero-order chi connectivity index (χ0) is 19.5. The van der Waals surface area contributed by atoms with Gasteiger partial charge >= 0.3 is 0 Å². The van der Waals surface area contributed by atoms with E-state index in [2.05, 4.69) is 5.32 Å². The quantitative estimate of drug-likeness (QED) is 0.705. The summed E-state index contributed by atoms with van der Waals surface area (Å²) in [5.41, 5.74) is 1.49. The van der Waals surface area contributed by atoms with E-state index in [1.807, 2.05) is 30.3 Å². The van der Waals surface area contributed by atoms with Gasteiger partial charge in [0.05, 0.1) is 12.3 Å². The molecule has 0 aliphatic carbocycles. The molecule has 0 radical (unpaired) electrons. The van der Waals surface area contributed by atoms with Crippen LogP contribution in [0.1, 0.15) is 18.6 Å². The maximum absolute atomic E-state index is 12.7. The molecule has 3 aromatic rings. The summed E-state index contributed by atoms with van der Waals surface area (Å²) in [6.45, 7) is 1.10. The van der Waals surface area contributed by atoms with Crippen molar-refractivity contribution in [3.05, 3.63) is 65.4 Å². The van der Waals surface area contributed by atoms with Crippen LogP contribution in [0.5, 0.6) is 0 Å². The number of amides is 2. The van der Waals surface area contributed by atoms with Crippen LogP contribution in [0.2, 0.25) is 5.02 Å². The average Bonchev–Trinajstić information content (AvgIpc) is 3.12. The van der Waals surface area contributed by atoms with E-state index < -0.39 is 0 Å². The fraction of sp³-hybridized carbons (Fsp3) is 0.273. The first-order valence-electron chi connectivity index (χ1n) is 9.40. The Balaban J connectivity index is 1.37. The van der Waals surface area contributed by atoms with Gasteiger partial charge in [0, 0.05) is 29.2 Å². The maximum atomic E-state index is 12.7. The molecule has 144 valence electrons. The van der Waals surface area contributed by atoms with E-state index in [1.165, 1.54) is 0 Å². The molecular weight excluding hydrogens is 376 g/mol. The van der Waals surface area contributed by atoms with Gasteiger partial charge in [0.15, 0.2) is 0 Å². The molecule has 1 atom stereocenters. The molecular formula is C22H21ClN2O3. The molecule has 1 N–H and O–H groups in total. The monoisotopic (exact) mass is 396 g/mol. The molecule has 2 aromatic carbocycles. The second kappa shape index (κ2) is 8.07. The van der Waals surface area contributed by atoms with Gasteiger partial charge in [-0.1, -0.05) is 29.8 Å². The van der Waals surface area contributed by atoms with E-state index in [0.717, 1.165) is 23.8 Å². The number of benzene rings is 2. The number of para-hydroxylation sites is 1. The summed E-state index contributed by atoms with van der Waals surface area (Å²) < 4.78 is 5.75. The van der Waals surface area contributed by atoms with Crippen molar-refractivity contribution in [3.63, 3.8) is 0 Å². The number of nitrogens with zero attached hydrogens (tertiary/aromatic N) is 1. The first-order chi connectivity index (χ1) is 13.6. The van der Waals surface area contributed by atoms with Crippen molar-refractivity contribution < 1.29 is 14.0 Å². The molecule has 1 saturated heterocycles. The normalized spacial score (nSPS) is 16.9. The zero-order valence-electron chi connectivity index (χ0n) is 15.4. The molecule has 1 aliphatic heterocycles. The lowest BCUT2D eigenvalue weighted by Gasteiger charge is -2.32. The Hall–Kier alpha value is -2.79. The minimum absolute atomic E-state index is 0.0111. The van der Waals surface area contributed by atoms with Crippen LogP contribution in [-0.4, -0.2) is 29.8 Å². The van der Waals surface area contributed by atoms with Crippen LogP contribution in [0, 0.1) is 5.92 Å². The van der Waals surface area contributed by atoms with Crippen molar-refractivity contribution in [2.24, 2.45) is 5.92 Å². The Morgan fingerprint density at radius 1 is 1.14 bits per heavy atom. The Kier molecular flexibility index (Phi) is 5.35. The van der Waals surface area contributed by atoms with Crippen molar-refractivity contribution in [1.82, 2.24) is 4.90 Å². The Bertz CT molecular complexity index is 963. The largest absolute Gasteiger partial charge is 0.461 e. The number of hydrogen-bond donors (Lipinski definition) is 1. The number of carbonyl (C=O) groups excluding carboxylic acids is 2. The second-order valence-corrected chi connectivity index (χ2v) is 7.54. The number of nitrogens with one attached hydrogen (secondary N) is 1. The summed E-state index contributed by atoms with van der Waals surface area (Å²) in [5, 5.41) is 4.52. The van der Waals surface area contributed by atoms with Crippen LogP contribution >= 0.6 is 11.6 Å². The van der Waals surface area contributed by atoms with Crippen LogP contribution in [0.15, 0.2) is 59.0 Å². The van der Waals surface area contributed by atoms with E-state index in [4.69, 9.17) is 16.0 Å². The topological polar surface area (TPSA) is 62.6 Å². The lowest BCUT2D eigenvalue weighted by atomic mass is 9.96. The molecule has 1 aromatic heterocycles. The highest BCUT2D eigenvalue weighted by molar-refractivity contribution is 6.30. The second-order valence-electron chi connectivity index (χ2n) is 7.10. The number of hydrogen-bond acceptors (Lipinski definition) is 3.